The number of hydrogen-bond acceptors (Lipinski definition) is 7. The predicted molar refractivity (Wildman–Crippen MR) is 89.1 cm³/mol. The van der Waals surface area contributed by atoms with Gasteiger partial charge in [0.2, 0.25) is 0 Å². The van der Waals surface area contributed by atoms with Crippen LogP contribution in [0.5, 0.6) is 0 Å². The van der Waals surface area contributed by atoms with Crippen molar-refractivity contribution < 1.29 is 27.7 Å². The summed E-state index contributed by atoms with van der Waals surface area (Å²) in [6.07, 6.45) is 0.383. The first kappa shape index (κ1) is 21.0. The van der Waals surface area contributed by atoms with Crippen LogP contribution in [-0.2, 0) is 24.4 Å². The van der Waals surface area contributed by atoms with E-state index in [0.717, 1.165) is 12.1 Å². The molecule has 0 bridgehead atoms. The average molecular weight is 374 g/mol. The van der Waals surface area contributed by atoms with E-state index in [4.69, 9.17) is 9.57 Å². The summed E-state index contributed by atoms with van der Waals surface area (Å²) in [5, 5.41) is 11.1. The van der Waals surface area contributed by atoms with Crippen molar-refractivity contribution in [2.45, 2.75) is 44.6 Å². The minimum atomic E-state index is -4.32. The lowest BCUT2D eigenvalue weighted by molar-refractivity contribution is -0.387. The lowest BCUT2D eigenvalue weighted by Gasteiger charge is -2.23. The van der Waals surface area contributed by atoms with Crippen LogP contribution in [0.1, 0.15) is 34.1 Å². The van der Waals surface area contributed by atoms with Crippen molar-refractivity contribution in [2.75, 3.05) is 13.2 Å². The molecule has 1 aromatic rings. The highest BCUT2D eigenvalue weighted by atomic mass is 32.2. The van der Waals surface area contributed by atoms with E-state index in [1.807, 2.05) is 0 Å². The predicted octanol–water partition coefficient (Wildman–Crippen LogP) is 2.27. The molecule has 1 rings (SSSR count). The van der Waals surface area contributed by atoms with Gasteiger partial charge in [-0.15, -0.1) is 0 Å². The van der Waals surface area contributed by atoms with Gasteiger partial charge in [0.05, 0.1) is 4.92 Å². The van der Waals surface area contributed by atoms with Gasteiger partial charge in [-0.25, -0.2) is 13.2 Å². The van der Waals surface area contributed by atoms with Gasteiger partial charge in [-0.3, -0.25) is 15.0 Å². The van der Waals surface area contributed by atoms with Crippen molar-refractivity contribution >= 4 is 21.7 Å². The van der Waals surface area contributed by atoms with Crippen molar-refractivity contribution in [2.24, 2.45) is 0 Å². The third-order valence-corrected chi connectivity index (χ3v) is 4.49. The van der Waals surface area contributed by atoms with E-state index < -0.39 is 43.7 Å². The number of benzene rings is 1. The molecule has 0 heterocycles. The molecule has 140 valence electrons. The molecule has 0 atom stereocenters. The fraction of sp³-hybridized carbons (Fsp3) is 0.533. The maximum absolute atomic E-state index is 12.7. The molecule has 0 unspecified atom stereocenters. The Kier molecular flexibility index (Phi) is 7.03. The Morgan fingerprint density at radius 2 is 1.88 bits per heavy atom. The summed E-state index contributed by atoms with van der Waals surface area (Å²) in [7, 11) is -4.32. The van der Waals surface area contributed by atoms with Crippen molar-refractivity contribution in [3.8, 4) is 0 Å². The molecule has 0 aliphatic rings. The molecule has 1 aromatic carbocycles. The lowest BCUT2D eigenvalue weighted by atomic mass is 10.2. The lowest BCUT2D eigenvalue weighted by Crippen LogP contribution is -2.36. The highest BCUT2D eigenvalue weighted by molar-refractivity contribution is 7.89. The second-order valence-electron chi connectivity index (χ2n) is 6.12. The standard InChI is InChI=1S/C15H22N2O7S/c1-5-10-16(23-11-14(18)24-15(2,3)4)25(21,22)13-9-7-6-8-12(13)17(19)20/h6-9H,5,10-11H2,1-4H3. The third kappa shape index (κ3) is 6.07. The Morgan fingerprint density at radius 1 is 1.28 bits per heavy atom. The number of hydroxylamine groups is 1. The van der Waals surface area contributed by atoms with E-state index in [2.05, 4.69) is 0 Å². The van der Waals surface area contributed by atoms with Crippen molar-refractivity contribution in [1.82, 2.24) is 4.47 Å². The topological polar surface area (TPSA) is 116 Å². The SMILES string of the molecule is CCCN(OCC(=O)OC(C)(C)C)S(=O)(=O)c1ccccc1[N+](=O)[O-]. The maximum atomic E-state index is 12.7. The molecule has 0 fully saturated rings. The van der Waals surface area contributed by atoms with Crippen LogP contribution in [0.3, 0.4) is 0 Å². The Balaban J connectivity index is 3.05. The summed E-state index contributed by atoms with van der Waals surface area (Å²) in [6, 6.07) is 4.94. The Morgan fingerprint density at radius 3 is 2.40 bits per heavy atom. The quantitative estimate of drug-likeness (QED) is 0.389. The molecule has 9 nitrogen and oxygen atoms in total. The van der Waals surface area contributed by atoms with Crippen LogP contribution in [-0.4, -0.2) is 42.5 Å². The molecule has 0 saturated carbocycles. The molecule has 10 heteroatoms. The highest BCUT2D eigenvalue weighted by Crippen LogP contribution is 2.26. The minimum absolute atomic E-state index is 0.0722. The number of carbonyl (C=O) groups is 1. The first-order valence-corrected chi connectivity index (χ1v) is 9.04. The van der Waals surface area contributed by atoms with Crippen LogP contribution in [0.25, 0.3) is 0 Å². The van der Waals surface area contributed by atoms with Crippen LogP contribution in [0.4, 0.5) is 5.69 Å². The average Bonchev–Trinajstić information content (AvgIpc) is 2.49. The zero-order chi connectivity index (χ0) is 19.3. The smallest absolute Gasteiger partial charge is 0.334 e. The number of sulfonamides is 1. The monoisotopic (exact) mass is 374 g/mol. The highest BCUT2D eigenvalue weighted by Gasteiger charge is 2.32. The fourth-order valence-corrected chi connectivity index (χ4v) is 3.36. The van der Waals surface area contributed by atoms with Crippen LogP contribution in [0.15, 0.2) is 29.2 Å². The second kappa shape index (κ2) is 8.37. The Bertz CT molecular complexity index is 726. The van der Waals surface area contributed by atoms with Gasteiger partial charge in [-0.05, 0) is 33.3 Å². The van der Waals surface area contributed by atoms with Crippen molar-refractivity contribution in [3.05, 3.63) is 34.4 Å². The van der Waals surface area contributed by atoms with Crippen LogP contribution < -0.4 is 0 Å². The fourth-order valence-electron chi connectivity index (χ4n) is 1.87. The largest absolute Gasteiger partial charge is 0.458 e. The van der Waals surface area contributed by atoms with Crippen LogP contribution >= 0.6 is 0 Å². The number of nitro benzene ring substituents is 1. The summed E-state index contributed by atoms with van der Waals surface area (Å²) in [5.41, 5.74) is -1.31. The summed E-state index contributed by atoms with van der Waals surface area (Å²) in [5.74, 6) is -0.744. The number of esters is 1. The van der Waals surface area contributed by atoms with E-state index in [1.54, 1.807) is 27.7 Å². The van der Waals surface area contributed by atoms with Gasteiger partial charge in [0.25, 0.3) is 15.7 Å². The summed E-state index contributed by atoms with van der Waals surface area (Å²) >= 11 is 0. The Labute approximate surface area is 146 Å². The number of nitro groups is 1. The molecule has 0 radical (unpaired) electrons. The molecular weight excluding hydrogens is 352 g/mol. The first-order valence-electron chi connectivity index (χ1n) is 7.60. The number of ether oxygens (including phenoxy) is 1. The summed E-state index contributed by atoms with van der Waals surface area (Å²) in [6.45, 7) is 6.00. The molecule has 0 spiro atoms. The van der Waals surface area contributed by atoms with Crippen molar-refractivity contribution in [1.29, 1.82) is 0 Å². The van der Waals surface area contributed by atoms with Crippen LogP contribution in [0, 0.1) is 10.1 Å². The van der Waals surface area contributed by atoms with Gasteiger partial charge >= 0.3 is 5.97 Å². The molecule has 0 aliphatic heterocycles. The van der Waals surface area contributed by atoms with E-state index in [-0.39, 0.29) is 6.54 Å². The zero-order valence-electron chi connectivity index (χ0n) is 14.6. The maximum Gasteiger partial charge on any atom is 0.334 e. The number of rotatable bonds is 8. The van der Waals surface area contributed by atoms with Crippen LogP contribution in [0.2, 0.25) is 0 Å². The molecule has 0 saturated heterocycles. The summed E-state index contributed by atoms with van der Waals surface area (Å²) < 4.78 is 31.0. The summed E-state index contributed by atoms with van der Waals surface area (Å²) in [4.78, 5) is 26.6. The van der Waals surface area contributed by atoms with Gasteiger partial charge in [0.15, 0.2) is 11.5 Å². The van der Waals surface area contributed by atoms with Gasteiger partial charge in [0.1, 0.15) is 5.60 Å². The molecule has 0 aromatic heterocycles. The van der Waals surface area contributed by atoms with E-state index in [0.29, 0.717) is 10.9 Å². The zero-order valence-corrected chi connectivity index (χ0v) is 15.4. The number of hydrogen-bond donors (Lipinski definition) is 0. The second-order valence-corrected chi connectivity index (χ2v) is 7.91. The molecular formula is C15H22N2O7S. The molecule has 0 amide bonds. The third-order valence-electron chi connectivity index (χ3n) is 2.76. The van der Waals surface area contributed by atoms with E-state index >= 15 is 0 Å². The normalized spacial score (nSPS) is 12.2. The first-order chi connectivity index (χ1) is 11.5. The van der Waals surface area contributed by atoms with E-state index in [9.17, 15) is 23.3 Å². The number of para-hydroxylation sites is 1. The minimum Gasteiger partial charge on any atom is -0.458 e. The van der Waals surface area contributed by atoms with E-state index in [1.165, 1.54) is 12.1 Å². The van der Waals surface area contributed by atoms with Gasteiger partial charge in [0, 0.05) is 12.6 Å². The molecule has 25 heavy (non-hydrogen) atoms. The van der Waals surface area contributed by atoms with Crippen molar-refractivity contribution in [3.63, 3.8) is 0 Å². The van der Waals surface area contributed by atoms with Gasteiger partial charge in [-0.1, -0.05) is 23.5 Å². The molecule has 0 aliphatic carbocycles. The molecule has 0 N–H and O–H groups in total. The van der Waals surface area contributed by atoms with Gasteiger partial charge < -0.3 is 4.74 Å². The Hall–Kier alpha value is -2.04. The number of nitrogens with zero attached hydrogens (tertiary/aromatic N) is 2. The van der Waals surface area contributed by atoms with Gasteiger partial charge in [-0.2, -0.15) is 0 Å². The number of carbonyl (C=O) groups excluding carboxylic acids is 1.